The number of nitrogens with one attached hydrogen (secondary N) is 2. The maximum atomic E-state index is 12.4. The summed E-state index contributed by atoms with van der Waals surface area (Å²) in [6.45, 7) is 3.91. The molecule has 1 amide bonds. The van der Waals surface area contributed by atoms with Crippen molar-refractivity contribution >= 4 is 33.2 Å². The molecule has 0 bridgehead atoms. The van der Waals surface area contributed by atoms with Gasteiger partial charge in [0, 0.05) is 11.6 Å². The first-order chi connectivity index (χ1) is 15.7. The van der Waals surface area contributed by atoms with Crippen molar-refractivity contribution in [2.75, 3.05) is 18.5 Å². The smallest absolute Gasteiger partial charge is 0.262 e. The van der Waals surface area contributed by atoms with Gasteiger partial charge in [-0.1, -0.05) is 43.6 Å². The Kier molecular flexibility index (Phi) is 8.32. The molecule has 3 rings (SSSR count). The minimum atomic E-state index is -3.59. The number of halogens is 1. The fourth-order valence-corrected chi connectivity index (χ4v) is 4.10. The van der Waals surface area contributed by atoms with Gasteiger partial charge in [-0.25, -0.2) is 13.1 Å². The van der Waals surface area contributed by atoms with Crippen molar-refractivity contribution in [1.82, 2.24) is 4.72 Å². The van der Waals surface area contributed by atoms with Gasteiger partial charge >= 0.3 is 0 Å². The third-order valence-corrected chi connectivity index (χ3v) is 6.05. The molecule has 0 saturated heterocycles. The molecule has 0 fully saturated rings. The number of amides is 1. The van der Waals surface area contributed by atoms with E-state index >= 15 is 0 Å². The van der Waals surface area contributed by atoms with Crippen molar-refractivity contribution in [3.8, 4) is 17.2 Å². The Balaban J connectivity index is 1.60. The molecule has 0 aliphatic rings. The van der Waals surface area contributed by atoms with E-state index in [1.807, 2.05) is 32.0 Å². The van der Waals surface area contributed by atoms with Crippen LogP contribution in [0.3, 0.4) is 0 Å². The molecule has 0 aliphatic heterocycles. The summed E-state index contributed by atoms with van der Waals surface area (Å²) < 4.78 is 38.4. The number of ether oxygens (including phenoxy) is 2. The van der Waals surface area contributed by atoms with Crippen LogP contribution in [0.15, 0.2) is 77.7 Å². The van der Waals surface area contributed by atoms with E-state index in [0.29, 0.717) is 34.5 Å². The quantitative estimate of drug-likeness (QED) is 0.415. The normalized spacial score (nSPS) is 11.3. The Labute approximate surface area is 198 Å². The summed E-state index contributed by atoms with van der Waals surface area (Å²) in [6, 6.07) is 19.9. The van der Waals surface area contributed by atoms with Crippen molar-refractivity contribution in [2.45, 2.75) is 18.7 Å². The number of hydrogen-bond donors (Lipinski definition) is 2. The lowest BCUT2D eigenvalue weighted by Crippen LogP contribution is -2.27. The van der Waals surface area contributed by atoms with Gasteiger partial charge in [-0.3, -0.25) is 4.79 Å². The molecule has 174 valence electrons. The topological polar surface area (TPSA) is 93.7 Å². The molecular weight excluding hydrogens is 464 g/mol. The molecule has 7 nitrogen and oxygen atoms in total. The van der Waals surface area contributed by atoms with Crippen LogP contribution in [0.4, 0.5) is 5.69 Å². The fourth-order valence-electron chi connectivity index (χ4n) is 2.71. The monoisotopic (exact) mass is 488 g/mol. The zero-order valence-electron chi connectivity index (χ0n) is 18.2. The zero-order chi connectivity index (χ0) is 23.8. The molecule has 0 aliphatic carbocycles. The summed E-state index contributed by atoms with van der Waals surface area (Å²) in [5, 5.41) is 3.16. The summed E-state index contributed by atoms with van der Waals surface area (Å²) in [7, 11) is -3.59. The molecule has 33 heavy (non-hydrogen) atoms. The van der Waals surface area contributed by atoms with Crippen LogP contribution < -0.4 is 19.5 Å². The first-order valence-electron chi connectivity index (χ1n) is 10.3. The molecule has 0 spiro atoms. The molecule has 3 aromatic rings. The summed E-state index contributed by atoms with van der Waals surface area (Å²) in [5.41, 5.74) is 0.401. The van der Waals surface area contributed by atoms with E-state index in [9.17, 15) is 13.2 Å². The van der Waals surface area contributed by atoms with Gasteiger partial charge in [0.2, 0.25) is 10.0 Å². The van der Waals surface area contributed by atoms with Crippen LogP contribution in [0.5, 0.6) is 17.2 Å². The van der Waals surface area contributed by atoms with Crippen LogP contribution in [0.25, 0.3) is 0 Å². The van der Waals surface area contributed by atoms with Gasteiger partial charge < -0.3 is 14.8 Å². The van der Waals surface area contributed by atoms with Gasteiger partial charge in [-0.2, -0.15) is 0 Å². The standard InChI is InChI=1S/C24H25ClN2O5S/c1-17(2)15-26-33(29,30)21-11-9-19(10-12-21)31-16-24(28)27-22-14-18(25)8-13-23(22)32-20-6-4-3-5-7-20/h3-14,17,26H,15-16H2,1-2H3,(H,27,28). The van der Waals surface area contributed by atoms with E-state index in [0.717, 1.165) is 0 Å². The molecule has 0 saturated carbocycles. The minimum absolute atomic E-state index is 0.126. The van der Waals surface area contributed by atoms with E-state index < -0.39 is 15.9 Å². The van der Waals surface area contributed by atoms with Crippen LogP contribution in [-0.4, -0.2) is 27.5 Å². The van der Waals surface area contributed by atoms with Crippen LogP contribution in [-0.2, 0) is 14.8 Å². The lowest BCUT2D eigenvalue weighted by atomic mass is 10.2. The Bertz CT molecular complexity index is 1180. The van der Waals surface area contributed by atoms with Gasteiger partial charge in [0.25, 0.3) is 5.91 Å². The number of benzene rings is 3. The second-order valence-corrected chi connectivity index (χ2v) is 9.81. The van der Waals surface area contributed by atoms with Crippen molar-refractivity contribution in [1.29, 1.82) is 0 Å². The van der Waals surface area contributed by atoms with Crippen molar-refractivity contribution in [2.24, 2.45) is 5.92 Å². The molecule has 3 aromatic carbocycles. The van der Waals surface area contributed by atoms with Gasteiger partial charge in [-0.15, -0.1) is 0 Å². The Hall–Kier alpha value is -3.07. The minimum Gasteiger partial charge on any atom is -0.484 e. The van der Waals surface area contributed by atoms with Crippen molar-refractivity contribution in [3.05, 3.63) is 77.8 Å². The van der Waals surface area contributed by atoms with E-state index in [1.165, 1.54) is 24.3 Å². The Morgan fingerprint density at radius 3 is 2.33 bits per heavy atom. The highest BCUT2D eigenvalue weighted by Crippen LogP contribution is 2.32. The van der Waals surface area contributed by atoms with Gasteiger partial charge in [0.15, 0.2) is 12.4 Å². The highest BCUT2D eigenvalue weighted by molar-refractivity contribution is 7.89. The largest absolute Gasteiger partial charge is 0.484 e. The molecular formula is C24H25ClN2O5S. The Morgan fingerprint density at radius 2 is 1.67 bits per heavy atom. The predicted octanol–water partition coefficient (Wildman–Crippen LogP) is 5.08. The van der Waals surface area contributed by atoms with Crippen LogP contribution >= 0.6 is 11.6 Å². The zero-order valence-corrected chi connectivity index (χ0v) is 19.8. The van der Waals surface area contributed by atoms with Gasteiger partial charge in [0.1, 0.15) is 11.5 Å². The van der Waals surface area contributed by atoms with Crippen molar-refractivity contribution in [3.63, 3.8) is 0 Å². The first-order valence-corrected chi connectivity index (χ1v) is 12.1. The molecule has 0 unspecified atom stereocenters. The number of carbonyl (C=O) groups excluding carboxylic acids is 1. The highest BCUT2D eigenvalue weighted by Gasteiger charge is 2.15. The molecule has 9 heteroatoms. The number of rotatable bonds is 10. The molecule has 0 heterocycles. The summed E-state index contributed by atoms with van der Waals surface area (Å²) in [5.74, 6) is 1.18. The number of carbonyl (C=O) groups is 1. The van der Waals surface area contributed by atoms with E-state index in [1.54, 1.807) is 30.3 Å². The third-order valence-electron chi connectivity index (χ3n) is 4.37. The average Bonchev–Trinajstić information content (AvgIpc) is 2.79. The highest BCUT2D eigenvalue weighted by atomic mass is 35.5. The lowest BCUT2D eigenvalue weighted by Gasteiger charge is -2.13. The molecule has 2 N–H and O–H groups in total. The summed E-state index contributed by atoms with van der Waals surface area (Å²) in [4.78, 5) is 12.6. The number of hydrogen-bond acceptors (Lipinski definition) is 5. The Morgan fingerprint density at radius 1 is 0.970 bits per heavy atom. The second-order valence-electron chi connectivity index (χ2n) is 7.61. The predicted molar refractivity (Wildman–Crippen MR) is 129 cm³/mol. The van der Waals surface area contributed by atoms with Crippen molar-refractivity contribution < 1.29 is 22.7 Å². The van der Waals surface area contributed by atoms with Crippen LogP contribution in [0, 0.1) is 5.92 Å². The second kappa shape index (κ2) is 11.2. The molecule has 0 atom stereocenters. The van der Waals surface area contributed by atoms with Gasteiger partial charge in [0.05, 0.1) is 10.6 Å². The third kappa shape index (κ3) is 7.49. The molecule has 0 radical (unpaired) electrons. The van der Waals surface area contributed by atoms with Gasteiger partial charge in [-0.05, 0) is 60.5 Å². The molecule has 0 aromatic heterocycles. The summed E-state index contributed by atoms with van der Waals surface area (Å²) >= 11 is 6.08. The van der Waals surface area contributed by atoms with Crippen LogP contribution in [0.2, 0.25) is 5.02 Å². The van der Waals surface area contributed by atoms with Crippen LogP contribution in [0.1, 0.15) is 13.8 Å². The lowest BCUT2D eigenvalue weighted by molar-refractivity contribution is -0.118. The fraction of sp³-hybridized carbons (Fsp3) is 0.208. The average molecular weight is 489 g/mol. The number of para-hydroxylation sites is 1. The van der Waals surface area contributed by atoms with E-state index in [-0.39, 0.29) is 17.4 Å². The maximum Gasteiger partial charge on any atom is 0.262 e. The summed E-state index contributed by atoms with van der Waals surface area (Å²) in [6.07, 6.45) is 0. The maximum absolute atomic E-state index is 12.4. The van der Waals surface area contributed by atoms with E-state index in [2.05, 4.69) is 10.0 Å². The van der Waals surface area contributed by atoms with E-state index in [4.69, 9.17) is 21.1 Å². The first kappa shape index (κ1) is 24.6. The SMILES string of the molecule is CC(C)CNS(=O)(=O)c1ccc(OCC(=O)Nc2cc(Cl)ccc2Oc2ccccc2)cc1. The number of sulfonamides is 1. The number of anilines is 1.